The minimum atomic E-state index is -3.66. The Morgan fingerprint density at radius 1 is 0.905 bits per heavy atom. The SMILES string of the molecule is O=S(=O)(Cl)c1ccc(OCCCCc2ccccc2)cc1. The summed E-state index contributed by atoms with van der Waals surface area (Å²) in [6.07, 6.45) is 3.04. The second kappa shape index (κ2) is 7.48. The summed E-state index contributed by atoms with van der Waals surface area (Å²) in [5, 5.41) is 0. The summed E-state index contributed by atoms with van der Waals surface area (Å²) >= 11 is 0. The molecular weight excluding hydrogens is 308 g/mol. The molecule has 0 saturated carbocycles. The third-order valence-electron chi connectivity index (χ3n) is 3.08. The Bertz CT molecular complexity index is 652. The third-order valence-corrected chi connectivity index (χ3v) is 4.45. The summed E-state index contributed by atoms with van der Waals surface area (Å²) in [5.41, 5.74) is 1.33. The van der Waals surface area contributed by atoms with E-state index in [1.165, 1.54) is 17.7 Å². The first-order chi connectivity index (χ1) is 10.1. The molecule has 0 aliphatic heterocycles. The van der Waals surface area contributed by atoms with Gasteiger partial charge >= 0.3 is 0 Å². The highest BCUT2D eigenvalue weighted by Gasteiger charge is 2.08. The highest BCUT2D eigenvalue weighted by Crippen LogP contribution is 2.19. The lowest BCUT2D eigenvalue weighted by atomic mass is 10.1. The summed E-state index contributed by atoms with van der Waals surface area (Å²) in [5.74, 6) is 0.652. The molecule has 0 unspecified atom stereocenters. The molecule has 0 bridgehead atoms. The van der Waals surface area contributed by atoms with Crippen LogP contribution in [0.1, 0.15) is 18.4 Å². The first-order valence-electron chi connectivity index (χ1n) is 6.77. The van der Waals surface area contributed by atoms with Crippen molar-refractivity contribution in [1.29, 1.82) is 0 Å². The van der Waals surface area contributed by atoms with Crippen molar-refractivity contribution in [2.45, 2.75) is 24.2 Å². The predicted octanol–water partition coefficient (Wildman–Crippen LogP) is 4.02. The van der Waals surface area contributed by atoms with E-state index in [0.29, 0.717) is 12.4 Å². The Hall–Kier alpha value is -1.52. The van der Waals surface area contributed by atoms with Crippen LogP contribution in [0.25, 0.3) is 0 Å². The van der Waals surface area contributed by atoms with Crippen molar-refractivity contribution in [3.05, 3.63) is 60.2 Å². The minimum Gasteiger partial charge on any atom is -0.494 e. The number of halogens is 1. The summed E-state index contributed by atoms with van der Waals surface area (Å²) < 4.78 is 27.8. The molecule has 3 nitrogen and oxygen atoms in total. The maximum atomic E-state index is 11.1. The van der Waals surface area contributed by atoms with Gasteiger partial charge in [0.1, 0.15) is 5.75 Å². The van der Waals surface area contributed by atoms with E-state index in [0.717, 1.165) is 19.3 Å². The minimum absolute atomic E-state index is 0.0839. The molecule has 0 aromatic heterocycles. The Labute approximate surface area is 129 Å². The maximum absolute atomic E-state index is 11.1. The van der Waals surface area contributed by atoms with Crippen LogP contribution in [-0.2, 0) is 15.5 Å². The van der Waals surface area contributed by atoms with Crippen LogP contribution in [0.15, 0.2) is 59.5 Å². The van der Waals surface area contributed by atoms with Crippen molar-refractivity contribution < 1.29 is 13.2 Å². The quantitative estimate of drug-likeness (QED) is 0.571. The van der Waals surface area contributed by atoms with E-state index >= 15 is 0 Å². The van der Waals surface area contributed by atoms with Gasteiger partial charge in [0, 0.05) is 10.7 Å². The van der Waals surface area contributed by atoms with Gasteiger partial charge in [-0.1, -0.05) is 30.3 Å². The number of hydrogen-bond donors (Lipinski definition) is 0. The van der Waals surface area contributed by atoms with Crippen LogP contribution in [0.2, 0.25) is 0 Å². The number of rotatable bonds is 7. The molecule has 0 fully saturated rings. The molecule has 0 N–H and O–H groups in total. The van der Waals surface area contributed by atoms with E-state index in [4.69, 9.17) is 15.4 Å². The molecule has 112 valence electrons. The van der Waals surface area contributed by atoms with Gasteiger partial charge in [0.05, 0.1) is 11.5 Å². The van der Waals surface area contributed by atoms with Gasteiger partial charge in [-0.15, -0.1) is 0 Å². The van der Waals surface area contributed by atoms with E-state index in [1.54, 1.807) is 12.1 Å². The van der Waals surface area contributed by atoms with Gasteiger partial charge < -0.3 is 4.74 Å². The Morgan fingerprint density at radius 2 is 1.57 bits per heavy atom. The number of benzene rings is 2. The molecule has 21 heavy (non-hydrogen) atoms. The van der Waals surface area contributed by atoms with E-state index in [2.05, 4.69) is 12.1 Å². The molecule has 0 atom stereocenters. The molecule has 0 heterocycles. The zero-order valence-electron chi connectivity index (χ0n) is 11.5. The molecule has 2 rings (SSSR count). The summed E-state index contributed by atoms with van der Waals surface area (Å²) in [4.78, 5) is 0.0839. The largest absolute Gasteiger partial charge is 0.494 e. The smallest absolute Gasteiger partial charge is 0.261 e. The third kappa shape index (κ3) is 5.40. The molecule has 0 spiro atoms. The average Bonchev–Trinajstić information content (AvgIpc) is 2.47. The van der Waals surface area contributed by atoms with Crippen molar-refractivity contribution in [2.24, 2.45) is 0 Å². The normalized spacial score (nSPS) is 11.3. The summed E-state index contributed by atoms with van der Waals surface area (Å²) in [7, 11) is 1.58. The number of aryl methyl sites for hydroxylation is 1. The zero-order valence-corrected chi connectivity index (χ0v) is 13.1. The molecular formula is C16H17ClO3S. The van der Waals surface area contributed by atoms with Crippen LogP contribution in [0.5, 0.6) is 5.75 Å². The topological polar surface area (TPSA) is 43.4 Å². The van der Waals surface area contributed by atoms with Crippen LogP contribution in [0.3, 0.4) is 0 Å². The fraction of sp³-hybridized carbons (Fsp3) is 0.250. The zero-order chi connectivity index (χ0) is 15.1. The standard InChI is InChI=1S/C16H17ClO3S/c17-21(18,19)16-11-9-15(10-12-16)20-13-5-4-8-14-6-2-1-3-7-14/h1-3,6-7,9-12H,4-5,8,13H2. The van der Waals surface area contributed by atoms with Gasteiger partial charge in [-0.05, 0) is 49.1 Å². The van der Waals surface area contributed by atoms with Crippen molar-refractivity contribution >= 4 is 19.7 Å². The van der Waals surface area contributed by atoms with Crippen LogP contribution in [0, 0.1) is 0 Å². The lowest BCUT2D eigenvalue weighted by Crippen LogP contribution is -1.99. The molecule has 2 aromatic carbocycles. The van der Waals surface area contributed by atoms with Crippen molar-refractivity contribution in [3.63, 3.8) is 0 Å². The number of ether oxygens (including phenoxy) is 1. The van der Waals surface area contributed by atoms with Crippen LogP contribution >= 0.6 is 10.7 Å². The van der Waals surface area contributed by atoms with Gasteiger partial charge in [0.25, 0.3) is 9.05 Å². The maximum Gasteiger partial charge on any atom is 0.261 e. The van der Waals surface area contributed by atoms with Crippen molar-refractivity contribution in [2.75, 3.05) is 6.61 Å². The van der Waals surface area contributed by atoms with Gasteiger partial charge in [-0.25, -0.2) is 8.42 Å². The van der Waals surface area contributed by atoms with E-state index in [1.807, 2.05) is 18.2 Å². The van der Waals surface area contributed by atoms with Crippen LogP contribution in [-0.4, -0.2) is 15.0 Å². The van der Waals surface area contributed by atoms with Crippen LogP contribution < -0.4 is 4.74 Å². The van der Waals surface area contributed by atoms with Crippen LogP contribution in [0.4, 0.5) is 0 Å². The Morgan fingerprint density at radius 3 is 2.19 bits per heavy atom. The highest BCUT2D eigenvalue weighted by molar-refractivity contribution is 8.13. The lowest BCUT2D eigenvalue weighted by Gasteiger charge is -2.06. The van der Waals surface area contributed by atoms with Gasteiger partial charge in [0.2, 0.25) is 0 Å². The molecule has 0 amide bonds. The average molecular weight is 325 g/mol. The molecule has 0 aliphatic rings. The van der Waals surface area contributed by atoms with Gasteiger partial charge in [-0.2, -0.15) is 0 Å². The first-order valence-corrected chi connectivity index (χ1v) is 9.08. The second-order valence-electron chi connectivity index (χ2n) is 4.70. The van der Waals surface area contributed by atoms with Crippen molar-refractivity contribution in [3.8, 4) is 5.75 Å². The first kappa shape index (κ1) is 15.9. The molecule has 0 radical (unpaired) electrons. The van der Waals surface area contributed by atoms with Crippen molar-refractivity contribution in [1.82, 2.24) is 0 Å². The van der Waals surface area contributed by atoms with Gasteiger partial charge in [0.15, 0.2) is 0 Å². The fourth-order valence-electron chi connectivity index (χ4n) is 1.96. The number of unbranched alkanes of at least 4 members (excludes halogenated alkanes) is 1. The summed E-state index contributed by atoms with van der Waals surface area (Å²) in [6.45, 7) is 0.611. The molecule has 0 saturated heterocycles. The second-order valence-corrected chi connectivity index (χ2v) is 7.27. The monoisotopic (exact) mass is 324 g/mol. The van der Waals surface area contributed by atoms with Gasteiger partial charge in [-0.3, -0.25) is 0 Å². The summed E-state index contributed by atoms with van der Waals surface area (Å²) in [6, 6.07) is 16.5. The fourth-order valence-corrected chi connectivity index (χ4v) is 2.73. The molecule has 0 aliphatic carbocycles. The van der Waals surface area contributed by atoms with E-state index < -0.39 is 9.05 Å². The van der Waals surface area contributed by atoms with E-state index in [-0.39, 0.29) is 4.90 Å². The lowest BCUT2D eigenvalue weighted by molar-refractivity contribution is 0.307. The molecule has 2 aromatic rings. The molecule has 5 heteroatoms. The predicted molar refractivity (Wildman–Crippen MR) is 84.4 cm³/mol. The number of hydrogen-bond acceptors (Lipinski definition) is 3. The van der Waals surface area contributed by atoms with E-state index in [9.17, 15) is 8.42 Å². The highest BCUT2D eigenvalue weighted by atomic mass is 35.7. The Kier molecular flexibility index (Phi) is 5.65. The Balaban J connectivity index is 1.71.